The van der Waals surface area contributed by atoms with Crippen LogP contribution in [0, 0.1) is 6.92 Å². The number of nitrogens with zero attached hydrogens (tertiary/aromatic N) is 2. The maximum absolute atomic E-state index is 11.6. The number of anilines is 1. The lowest BCUT2D eigenvalue weighted by Gasteiger charge is -2.09. The van der Waals surface area contributed by atoms with Crippen LogP contribution >= 0.6 is 11.6 Å². The Kier molecular flexibility index (Phi) is 5.25. The molecule has 1 aromatic heterocycles. The van der Waals surface area contributed by atoms with Gasteiger partial charge in [-0.3, -0.25) is 0 Å². The maximum Gasteiger partial charge on any atom is 0.175 e. The van der Waals surface area contributed by atoms with E-state index in [0.717, 1.165) is 5.56 Å². The molecule has 26 heavy (non-hydrogen) atoms. The van der Waals surface area contributed by atoms with E-state index >= 15 is 0 Å². The Morgan fingerprint density at radius 3 is 2.27 bits per heavy atom. The number of aryl methyl sites for hydroxylation is 1. The Morgan fingerprint density at radius 2 is 1.65 bits per heavy atom. The second-order valence-electron chi connectivity index (χ2n) is 6.04. The van der Waals surface area contributed by atoms with Crippen molar-refractivity contribution in [3.8, 4) is 11.4 Å². The molecule has 0 radical (unpaired) electrons. The maximum atomic E-state index is 11.6. The van der Waals surface area contributed by atoms with Crippen molar-refractivity contribution in [3.05, 3.63) is 70.9 Å². The summed E-state index contributed by atoms with van der Waals surface area (Å²) in [5, 5.41) is 3.55. The lowest BCUT2D eigenvalue weighted by molar-refractivity contribution is 0.602. The highest BCUT2D eigenvalue weighted by Gasteiger charge is 2.10. The van der Waals surface area contributed by atoms with Crippen LogP contribution in [0.1, 0.15) is 11.1 Å². The van der Waals surface area contributed by atoms with Crippen LogP contribution in [0.5, 0.6) is 0 Å². The molecular formula is C19H18ClN3O2S. The fraction of sp³-hybridized carbons (Fsp3) is 0.158. The molecule has 134 valence electrons. The van der Waals surface area contributed by atoms with Gasteiger partial charge in [-0.25, -0.2) is 18.4 Å². The highest BCUT2D eigenvalue weighted by atomic mass is 35.5. The Morgan fingerprint density at radius 1 is 1.00 bits per heavy atom. The summed E-state index contributed by atoms with van der Waals surface area (Å²) < 4.78 is 23.1. The number of benzene rings is 2. The molecule has 0 saturated carbocycles. The minimum Gasteiger partial charge on any atom is -0.366 e. The molecule has 3 rings (SSSR count). The molecule has 0 aliphatic carbocycles. The molecule has 2 aromatic carbocycles. The third-order valence-electron chi connectivity index (χ3n) is 3.83. The minimum atomic E-state index is -3.24. The van der Waals surface area contributed by atoms with Gasteiger partial charge in [0.2, 0.25) is 0 Å². The summed E-state index contributed by atoms with van der Waals surface area (Å²) >= 11 is 6.12. The number of hydrogen-bond donors (Lipinski definition) is 1. The fourth-order valence-corrected chi connectivity index (χ4v) is 3.20. The molecule has 0 unspecified atom stereocenters. The van der Waals surface area contributed by atoms with Gasteiger partial charge >= 0.3 is 0 Å². The van der Waals surface area contributed by atoms with Crippen molar-refractivity contribution in [2.45, 2.75) is 18.4 Å². The summed E-state index contributed by atoms with van der Waals surface area (Å²) in [6, 6.07) is 16.3. The van der Waals surface area contributed by atoms with Crippen molar-refractivity contribution in [2.24, 2.45) is 0 Å². The summed E-state index contributed by atoms with van der Waals surface area (Å²) in [6.45, 7) is 2.66. The summed E-state index contributed by atoms with van der Waals surface area (Å²) in [6.07, 6.45) is 1.17. The first-order valence-electron chi connectivity index (χ1n) is 7.96. The predicted octanol–water partition coefficient (Wildman–Crippen LogP) is 4.12. The fourth-order valence-electron chi connectivity index (χ4n) is 2.39. The lowest BCUT2D eigenvalue weighted by Crippen LogP contribution is -2.03. The van der Waals surface area contributed by atoms with Gasteiger partial charge in [-0.05, 0) is 36.8 Å². The Hall–Kier alpha value is -2.44. The highest BCUT2D eigenvalue weighted by Crippen LogP contribution is 2.22. The number of nitrogens with one attached hydrogen (secondary N) is 1. The molecule has 0 aliphatic rings. The molecule has 0 atom stereocenters. The van der Waals surface area contributed by atoms with Gasteiger partial charge < -0.3 is 5.32 Å². The normalized spacial score (nSPS) is 11.3. The average molecular weight is 388 g/mol. The largest absolute Gasteiger partial charge is 0.366 e. The van der Waals surface area contributed by atoms with Crippen molar-refractivity contribution in [3.63, 3.8) is 0 Å². The number of hydrogen-bond acceptors (Lipinski definition) is 5. The molecule has 1 heterocycles. The van der Waals surface area contributed by atoms with E-state index in [1.165, 1.54) is 24.0 Å². The Labute approximate surface area is 158 Å². The van der Waals surface area contributed by atoms with Gasteiger partial charge in [-0.15, -0.1) is 0 Å². The number of rotatable bonds is 5. The molecule has 7 heteroatoms. The van der Waals surface area contributed by atoms with Crippen molar-refractivity contribution >= 4 is 27.3 Å². The second-order valence-corrected chi connectivity index (χ2v) is 8.44. The summed E-state index contributed by atoms with van der Waals surface area (Å²) in [4.78, 5) is 8.95. The summed E-state index contributed by atoms with van der Waals surface area (Å²) in [7, 11) is -3.24. The molecule has 0 saturated heterocycles. The van der Waals surface area contributed by atoms with E-state index in [-0.39, 0.29) is 4.90 Å². The lowest BCUT2D eigenvalue weighted by atomic mass is 10.1. The molecule has 0 aliphatic heterocycles. The first kappa shape index (κ1) is 18.4. The van der Waals surface area contributed by atoms with Crippen LogP contribution in [0.15, 0.2) is 59.5 Å². The topological polar surface area (TPSA) is 72.0 Å². The first-order chi connectivity index (χ1) is 12.3. The van der Waals surface area contributed by atoms with Crippen molar-refractivity contribution < 1.29 is 8.42 Å². The molecule has 0 amide bonds. The zero-order valence-electron chi connectivity index (χ0n) is 14.4. The van der Waals surface area contributed by atoms with E-state index in [4.69, 9.17) is 11.6 Å². The Bertz CT molecular complexity index is 1020. The number of sulfone groups is 1. The number of aromatic nitrogens is 2. The van der Waals surface area contributed by atoms with Crippen LogP contribution in [0.3, 0.4) is 0 Å². The van der Waals surface area contributed by atoms with Crippen LogP contribution in [0.2, 0.25) is 5.15 Å². The van der Waals surface area contributed by atoms with Crippen LogP contribution in [0.25, 0.3) is 11.4 Å². The monoisotopic (exact) mass is 387 g/mol. The average Bonchev–Trinajstić information content (AvgIpc) is 2.60. The van der Waals surface area contributed by atoms with Crippen LogP contribution in [-0.4, -0.2) is 24.6 Å². The summed E-state index contributed by atoms with van der Waals surface area (Å²) in [5.41, 5.74) is 3.03. The van der Waals surface area contributed by atoms with Crippen LogP contribution < -0.4 is 5.32 Å². The molecule has 0 fully saturated rings. The molecule has 5 nitrogen and oxygen atoms in total. The van der Waals surface area contributed by atoms with Gasteiger partial charge in [-0.2, -0.15) is 0 Å². The zero-order valence-corrected chi connectivity index (χ0v) is 16.0. The molecule has 0 bridgehead atoms. The van der Waals surface area contributed by atoms with Crippen LogP contribution in [-0.2, 0) is 16.4 Å². The van der Waals surface area contributed by atoms with Crippen molar-refractivity contribution in [2.75, 3.05) is 11.6 Å². The minimum absolute atomic E-state index is 0.251. The third kappa shape index (κ3) is 4.59. The third-order valence-corrected chi connectivity index (χ3v) is 5.15. The molecule has 1 N–H and O–H groups in total. The van der Waals surface area contributed by atoms with E-state index in [2.05, 4.69) is 39.6 Å². The van der Waals surface area contributed by atoms with Gasteiger partial charge in [0.15, 0.2) is 15.7 Å². The highest BCUT2D eigenvalue weighted by molar-refractivity contribution is 7.90. The van der Waals surface area contributed by atoms with E-state index in [9.17, 15) is 8.42 Å². The quantitative estimate of drug-likeness (QED) is 0.666. The SMILES string of the molecule is Cc1ccc(CNc2cc(Cl)nc(-c3ccc(S(C)(=O)=O)cc3)n2)cc1. The second kappa shape index (κ2) is 7.43. The van der Waals surface area contributed by atoms with Crippen molar-refractivity contribution in [1.29, 1.82) is 0 Å². The number of halogens is 1. The van der Waals surface area contributed by atoms with E-state index < -0.39 is 9.84 Å². The molecular weight excluding hydrogens is 370 g/mol. The van der Waals surface area contributed by atoms with E-state index in [0.29, 0.717) is 28.9 Å². The smallest absolute Gasteiger partial charge is 0.175 e. The van der Waals surface area contributed by atoms with E-state index in [1.807, 2.05) is 6.92 Å². The summed E-state index contributed by atoms with van der Waals surface area (Å²) in [5.74, 6) is 1.04. The van der Waals surface area contributed by atoms with Gasteiger partial charge in [0.1, 0.15) is 11.0 Å². The molecule has 0 spiro atoms. The zero-order chi connectivity index (χ0) is 18.7. The van der Waals surface area contributed by atoms with Crippen molar-refractivity contribution in [1.82, 2.24) is 9.97 Å². The molecule has 3 aromatic rings. The van der Waals surface area contributed by atoms with E-state index in [1.54, 1.807) is 18.2 Å². The van der Waals surface area contributed by atoms with Gasteiger partial charge in [-0.1, -0.05) is 41.4 Å². The Balaban J connectivity index is 1.82. The standard InChI is InChI=1S/C19H18ClN3O2S/c1-13-3-5-14(6-4-13)12-21-18-11-17(20)22-19(23-18)15-7-9-16(10-8-15)26(2,24)25/h3-11H,12H2,1-2H3,(H,21,22,23). The van der Waals surface area contributed by atoms with Crippen LogP contribution in [0.4, 0.5) is 5.82 Å². The van der Waals surface area contributed by atoms with Gasteiger partial charge in [0.25, 0.3) is 0 Å². The predicted molar refractivity (Wildman–Crippen MR) is 104 cm³/mol. The first-order valence-corrected chi connectivity index (χ1v) is 10.2. The van der Waals surface area contributed by atoms with Gasteiger partial charge in [0, 0.05) is 24.4 Å². The van der Waals surface area contributed by atoms with Gasteiger partial charge in [0.05, 0.1) is 4.90 Å².